The van der Waals surface area contributed by atoms with E-state index < -0.39 is 0 Å². The Bertz CT molecular complexity index is 520. The van der Waals surface area contributed by atoms with E-state index in [0.29, 0.717) is 41.8 Å². The first-order chi connectivity index (χ1) is 9.16. The molecule has 1 fully saturated rings. The summed E-state index contributed by atoms with van der Waals surface area (Å²) in [5, 5.41) is 0.402. The van der Waals surface area contributed by atoms with Crippen LogP contribution in [-0.4, -0.2) is 43.4 Å². The number of hydrogen-bond donors (Lipinski definition) is 0. The van der Waals surface area contributed by atoms with Crippen LogP contribution in [0.3, 0.4) is 0 Å². The molecule has 1 aromatic carbocycles. The van der Waals surface area contributed by atoms with E-state index in [9.17, 15) is 4.79 Å². The van der Waals surface area contributed by atoms with E-state index in [1.54, 1.807) is 17.0 Å². The Morgan fingerprint density at radius 2 is 2.26 bits per heavy atom. The zero-order chi connectivity index (χ0) is 13.4. The SMILES string of the molecule is C[C@H]1COCCN1C(=O)c1cc(Cl)c2c(c1)OCO2. The van der Waals surface area contributed by atoms with Gasteiger partial charge in [0.1, 0.15) is 0 Å². The maximum atomic E-state index is 12.5. The van der Waals surface area contributed by atoms with Gasteiger partial charge in [-0.3, -0.25) is 4.79 Å². The minimum atomic E-state index is -0.0593. The van der Waals surface area contributed by atoms with Gasteiger partial charge in [0.2, 0.25) is 6.79 Å². The van der Waals surface area contributed by atoms with Gasteiger partial charge in [-0.15, -0.1) is 0 Å². The maximum absolute atomic E-state index is 12.5. The third-order valence-electron chi connectivity index (χ3n) is 3.30. The van der Waals surface area contributed by atoms with Crippen molar-refractivity contribution >= 4 is 17.5 Å². The van der Waals surface area contributed by atoms with E-state index in [0.717, 1.165) is 0 Å². The van der Waals surface area contributed by atoms with Crippen molar-refractivity contribution in [1.82, 2.24) is 4.90 Å². The number of benzene rings is 1. The molecule has 6 heteroatoms. The zero-order valence-corrected chi connectivity index (χ0v) is 11.3. The van der Waals surface area contributed by atoms with Gasteiger partial charge >= 0.3 is 0 Å². The smallest absolute Gasteiger partial charge is 0.254 e. The number of morpholine rings is 1. The van der Waals surface area contributed by atoms with Crippen LogP contribution >= 0.6 is 11.6 Å². The lowest BCUT2D eigenvalue weighted by Gasteiger charge is -2.33. The van der Waals surface area contributed by atoms with Gasteiger partial charge in [-0.2, -0.15) is 0 Å². The number of amides is 1. The predicted octanol–water partition coefficient (Wildman–Crippen LogP) is 1.93. The largest absolute Gasteiger partial charge is 0.454 e. The standard InChI is InChI=1S/C13H14ClNO4/c1-8-6-17-3-2-15(8)13(16)9-4-10(14)12-11(5-9)18-7-19-12/h4-5,8H,2-3,6-7H2,1H3/t8-/m0/s1. The van der Waals surface area contributed by atoms with Crippen LogP contribution in [0, 0.1) is 0 Å². The van der Waals surface area contributed by atoms with Crippen molar-refractivity contribution in [1.29, 1.82) is 0 Å². The fraction of sp³-hybridized carbons (Fsp3) is 0.462. The Morgan fingerprint density at radius 3 is 3.05 bits per heavy atom. The fourth-order valence-corrected chi connectivity index (χ4v) is 2.55. The van der Waals surface area contributed by atoms with E-state index in [-0.39, 0.29) is 18.7 Å². The minimum Gasteiger partial charge on any atom is -0.454 e. The maximum Gasteiger partial charge on any atom is 0.254 e. The van der Waals surface area contributed by atoms with Gasteiger partial charge in [0.25, 0.3) is 5.91 Å². The van der Waals surface area contributed by atoms with Crippen molar-refractivity contribution in [3.05, 3.63) is 22.7 Å². The first kappa shape index (κ1) is 12.6. The van der Waals surface area contributed by atoms with Crippen LogP contribution < -0.4 is 9.47 Å². The summed E-state index contributed by atoms with van der Waals surface area (Å²) in [6, 6.07) is 3.36. The summed E-state index contributed by atoms with van der Waals surface area (Å²) in [5.74, 6) is 0.973. The highest BCUT2D eigenvalue weighted by Gasteiger charge is 2.27. The molecule has 0 spiro atoms. The first-order valence-electron chi connectivity index (χ1n) is 6.14. The Labute approximate surface area is 116 Å². The number of fused-ring (bicyclic) bond motifs is 1. The summed E-state index contributed by atoms with van der Waals surface area (Å²) in [4.78, 5) is 14.3. The molecule has 1 saturated heterocycles. The van der Waals surface area contributed by atoms with Crippen LogP contribution in [0.15, 0.2) is 12.1 Å². The molecule has 19 heavy (non-hydrogen) atoms. The van der Waals surface area contributed by atoms with Crippen molar-refractivity contribution in [3.8, 4) is 11.5 Å². The van der Waals surface area contributed by atoms with Gasteiger partial charge in [-0.25, -0.2) is 0 Å². The number of hydrogen-bond acceptors (Lipinski definition) is 4. The van der Waals surface area contributed by atoms with E-state index in [4.69, 9.17) is 25.8 Å². The molecule has 0 N–H and O–H groups in total. The molecule has 5 nitrogen and oxygen atoms in total. The number of rotatable bonds is 1. The van der Waals surface area contributed by atoms with E-state index in [1.807, 2.05) is 6.92 Å². The molecule has 1 amide bonds. The zero-order valence-electron chi connectivity index (χ0n) is 10.5. The van der Waals surface area contributed by atoms with Crippen molar-refractivity contribution in [2.45, 2.75) is 13.0 Å². The predicted molar refractivity (Wildman–Crippen MR) is 68.9 cm³/mol. The van der Waals surface area contributed by atoms with Crippen molar-refractivity contribution in [2.75, 3.05) is 26.6 Å². The van der Waals surface area contributed by atoms with Crippen LogP contribution in [0.25, 0.3) is 0 Å². The highest BCUT2D eigenvalue weighted by Crippen LogP contribution is 2.40. The normalized spacial score (nSPS) is 21.6. The molecule has 1 atom stereocenters. The summed E-state index contributed by atoms with van der Waals surface area (Å²) in [7, 11) is 0. The average Bonchev–Trinajstić information content (AvgIpc) is 2.87. The van der Waals surface area contributed by atoms with Gasteiger partial charge in [-0.05, 0) is 19.1 Å². The monoisotopic (exact) mass is 283 g/mol. The second-order valence-electron chi connectivity index (χ2n) is 4.61. The van der Waals surface area contributed by atoms with Crippen molar-refractivity contribution in [3.63, 3.8) is 0 Å². The lowest BCUT2D eigenvalue weighted by atomic mass is 10.1. The molecular weight excluding hydrogens is 270 g/mol. The summed E-state index contributed by atoms with van der Waals surface area (Å²) in [6.07, 6.45) is 0. The van der Waals surface area contributed by atoms with E-state index in [1.165, 1.54) is 0 Å². The van der Waals surface area contributed by atoms with Crippen LogP contribution in [0.5, 0.6) is 11.5 Å². The second-order valence-corrected chi connectivity index (χ2v) is 5.02. The Balaban J connectivity index is 1.89. The highest BCUT2D eigenvalue weighted by molar-refractivity contribution is 6.32. The highest BCUT2D eigenvalue weighted by atomic mass is 35.5. The Morgan fingerprint density at radius 1 is 1.42 bits per heavy atom. The van der Waals surface area contributed by atoms with Gasteiger partial charge in [0.15, 0.2) is 11.5 Å². The second kappa shape index (κ2) is 4.90. The molecule has 1 aromatic rings. The number of nitrogens with zero attached hydrogens (tertiary/aromatic N) is 1. The molecule has 0 aliphatic carbocycles. The molecule has 2 heterocycles. The third-order valence-corrected chi connectivity index (χ3v) is 3.58. The van der Waals surface area contributed by atoms with Gasteiger partial charge in [0, 0.05) is 12.1 Å². The molecule has 102 valence electrons. The quantitative estimate of drug-likeness (QED) is 0.790. The molecular formula is C13H14ClNO4. The molecule has 0 unspecified atom stereocenters. The topological polar surface area (TPSA) is 48.0 Å². The molecule has 0 bridgehead atoms. The van der Waals surface area contributed by atoms with Crippen LogP contribution in [0.1, 0.15) is 17.3 Å². The van der Waals surface area contributed by atoms with Gasteiger partial charge < -0.3 is 19.1 Å². The summed E-state index contributed by atoms with van der Waals surface area (Å²) >= 11 is 6.09. The number of halogens is 1. The van der Waals surface area contributed by atoms with Gasteiger partial charge in [-0.1, -0.05) is 11.6 Å². The number of carbonyl (C=O) groups is 1. The molecule has 2 aliphatic heterocycles. The van der Waals surface area contributed by atoms with Gasteiger partial charge in [0.05, 0.1) is 24.3 Å². The third kappa shape index (κ3) is 2.24. The van der Waals surface area contributed by atoms with Crippen LogP contribution in [0.2, 0.25) is 5.02 Å². The Kier molecular flexibility index (Phi) is 3.24. The lowest BCUT2D eigenvalue weighted by molar-refractivity contribution is 0.00358. The number of ether oxygens (including phenoxy) is 3. The van der Waals surface area contributed by atoms with Crippen LogP contribution in [-0.2, 0) is 4.74 Å². The molecule has 0 aromatic heterocycles. The molecule has 0 radical (unpaired) electrons. The van der Waals surface area contributed by atoms with E-state index in [2.05, 4.69) is 0 Å². The summed E-state index contributed by atoms with van der Waals surface area (Å²) in [6.45, 7) is 3.82. The first-order valence-corrected chi connectivity index (χ1v) is 6.52. The molecule has 3 rings (SSSR count). The summed E-state index contributed by atoms with van der Waals surface area (Å²) in [5.41, 5.74) is 0.517. The number of carbonyl (C=O) groups excluding carboxylic acids is 1. The summed E-state index contributed by atoms with van der Waals surface area (Å²) < 4.78 is 15.8. The average molecular weight is 284 g/mol. The lowest BCUT2D eigenvalue weighted by Crippen LogP contribution is -2.47. The molecule has 0 saturated carbocycles. The van der Waals surface area contributed by atoms with Crippen molar-refractivity contribution in [2.24, 2.45) is 0 Å². The van der Waals surface area contributed by atoms with E-state index >= 15 is 0 Å². The van der Waals surface area contributed by atoms with Crippen molar-refractivity contribution < 1.29 is 19.0 Å². The minimum absolute atomic E-state index is 0.0593. The Hall–Kier alpha value is -1.46. The van der Waals surface area contributed by atoms with Crippen LogP contribution in [0.4, 0.5) is 0 Å². The molecule has 2 aliphatic rings. The fourth-order valence-electron chi connectivity index (χ4n) is 2.29.